The van der Waals surface area contributed by atoms with Gasteiger partial charge in [0.1, 0.15) is 0 Å². The van der Waals surface area contributed by atoms with E-state index in [4.69, 9.17) is 18.9 Å². The Bertz CT molecular complexity index is 199. The van der Waals surface area contributed by atoms with E-state index in [0.717, 1.165) is 12.8 Å². The third kappa shape index (κ3) is 4.89. The first-order chi connectivity index (χ1) is 8.34. The van der Waals surface area contributed by atoms with E-state index < -0.39 is 0 Å². The zero-order valence-corrected chi connectivity index (χ0v) is 10.2. The predicted molar refractivity (Wildman–Crippen MR) is 61.0 cm³/mol. The lowest BCUT2D eigenvalue weighted by atomic mass is 10.0. The van der Waals surface area contributed by atoms with Gasteiger partial charge in [0.05, 0.1) is 58.0 Å². The topological polar surface area (TPSA) is 57.2 Å². The van der Waals surface area contributed by atoms with Crippen molar-refractivity contribution < 1.29 is 24.1 Å². The zero-order chi connectivity index (χ0) is 11.9. The molecule has 1 N–H and O–H groups in total. The highest BCUT2D eigenvalue weighted by molar-refractivity contribution is 4.70. The average Bonchev–Trinajstić information content (AvgIpc) is 2.39. The van der Waals surface area contributed by atoms with Crippen molar-refractivity contribution in [3.8, 4) is 0 Å². The van der Waals surface area contributed by atoms with Gasteiger partial charge in [0.25, 0.3) is 0 Å². The molecule has 0 aliphatic carbocycles. The minimum absolute atomic E-state index is 0.0438. The summed E-state index contributed by atoms with van der Waals surface area (Å²) in [6.07, 6.45) is 2.06. The van der Waals surface area contributed by atoms with E-state index >= 15 is 0 Å². The molecule has 0 saturated carbocycles. The maximum atomic E-state index is 9.90. The lowest BCUT2D eigenvalue weighted by Crippen LogP contribution is -2.33. The van der Waals surface area contributed by atoms with Crippen LogP contribution in [0, 0.1) is 0 Å². The summed E-state index contributed by atoms with van der Waals surface area (Å²) in [5.41, 5.74) is 0. The summed E-state index contributed by atoms with van der Waals surface area (Å²) >= 11 is 0. The molecule has 2 aliphatic heterocycles. The molecule has 0 aromatic heterocycles. The number of ether oxygens (including phenoxy) is 4. The third-order valence-electron chi connectivity index (χ3n) is 3.13. The van der Waals surface area contributed by atoms with Crippen LogP contribution >= 0.6 is 0 Å². The van der Waals surface area contributed by atoms with Gasteiger partial charge in [-0.05, 0) is 12.8 Å². The smallest absolute Gasteiger partial charge is 0.0834 e. The van der Waals surface area contributed by atoms with E-state index in [-0.39, 0.29) is 18.3 Å². The molecule has 100 valence electrons. The van der Waals surface area contributed by atoms with Gasteiger partial charge in [0, 0.05) is 6.42 Å². The highest BCUT2D eigenvalue weighted by atomic mass is 16.6. The quantitative estimate of drug-likeness (QED) is 0.758. The summed E-state index contributed by atoms with van der Waals surface area (Å²) in [6.45, 7) is 3.90. The number of aliphatic hydroxyl groups excluding tert-OH is 1. The molecule has 0 bridgehead atoms. The number of rotatable bonds is 5. The Kier molecular flexibility index (Phi) is 5.67. The number of hydrogen-bond donors (Lipinski definition) is 1. The van der Waals surface area contributed by atoms with E-state index in [1.807, 2.05) is 0 Å². The van der Waals surface area contributed by atoms with Crippen LogP contribution in [0.25, 0.3) is 0 Å². The third-order valence-corrected chi connectivity index (χ3v) is 3.13. The van der Waals surface area contributed by atoms with Gasteiger partial charge >= 0.3 is 0 Å². The Morgan fingerprint density at radius 3 is 2.18 bits per heavy atom. The van der Waals surface area contributed by atoms with Gasteiger partial charge in [-0.3, -0.25) is 0 Å². The minimum atomic E-state index is -0.341. The van der Waals surface area contributed by atoms with Gasteiger partial charge in [-0.25, -0.2) is 0 Å². The SMILES string of the molecule is OC(CC[C@@H]1COCCO1)C[C@@H]1COCCO1. The Hall–Kier alpha value is -0.200. The van der Waals surface area contributed by atoms with Gasteiger partial charge in [-0.2, -0.15) is 0 Å². The van der Waals surface area contributed by atoms with Crippen LogP contribution in [0.2, 0.25) is 0 Å². The lowest BCUT2D eigenvalue weighted by molar-refractivity contribution is -0.108. The molecule has 0 amide bonds. The molecule has 0 radical (unpaired) electrons. The van der Waals surface area contributed by atoms with Crippen molar-refractivity contribution in [2.24, 2.45) is 0 Å². The Morgan fingerprint density at radius 2 is 1.59 bits per heavy atom. The van der Waals surface area contributed by atoms with E-state index in [2.05, 4.69) is 0 Å². The van der Waals surface area contributed by atoms with Crippen molar-refractivity contribution >= 4 is 0 Å². The van der Waals surface area contributed by atoms with Gasteiger partial charge in [-0.1, -0.05) is 0 Å². The van der Waals surface area contributed by atoms with Crippen molar-refractivity contribution in [3.05, 3.63) is 0 Å². The number of hydrogen-bond acceptors (Lipinski definition) is 5. The van der Waals surface area contributed by atoms with Crippen LogP contribution in [0.5, 0.6) is 0 Å². The Balaban J connectivity index is 1.57. The summed E-state index contributed by atoms with van der Waals surface area (Å²) in [5, 5.41) is 9.90. The molecule has 2 rings (SSSR count). The van der Waals surface area contributed by atoms with E-state index in [0.29, 0.717) is 46.1 Å². The summed E-state index contributed by atoms with van der Waals surface area (Å²) in [6, 6.07) is 0. The van der Waals surface area contributed by atoms with Crippen LogP contribution in [0.1, 0.15) is 19.3 Å². The molecule has 5 heteroatoms. The van der Waals surface area contributed by atoms with Crippen molar-refractivity contribution in [2.45, 2.75) is 37.6 Å². The van der Waals surface area contributed by atoms with Crippen molar-refractivity contribution in [1.29, 1.82) is 0 Å². The van der Waals surface area contributed by atoms with Crippen LogP contribution in [0.4, 0.5) is 0 Å². The molecule has 0 spiro atoms. The number of aliphatic hydroxyl groups is 1. The van der Waals surface area contributed by atoms with Crippen molar-refractivity contribution in [2.75, 3.05) is 39.6 Å². The molecule has 2 heterocycles. The maximum absolute atomic E-state index is 9.90. The molecule has 2 saturated heterocycles. The molecule has 2 fully saturated rings. The second-order valence-corrected chi connectivity index (χ2v) is 4.60. The molecule has 1 unspecified atom stereocenters. The minimum Gasteiger partial charge on any atom is -0.393 e. The first-order valence-electron chi connectivity index (χ1n) is 6.41. The first-order valence-corrected chi connectivity index (χ1v) is 6.41. The Morgan fingerprint density at radius 1 is 0.941 bits per heavy atom. The molecular formula is C12H22O5. The fourth-order valence-corrected chi connectivity index (χ4v) is 2.18. The van der Waals surface area contributed by atoms with Gasteiger partial charge in [0.15, 0.2) is 0 Å². The molecule has 3 atom stereocenters. The van der Waals surface area contributed by atoms with E-state index in [1.165, 1.54) is 0 Å². The van der Waals surface area contributed by atoms with Gasteiger partial charge < -0.3 is 24.1 Å². The molecular weight excluding hydrogens is 224 g/mol. The second kappa shape index (κ2) is 7.28. The van der Waals surface area contributed by atoms with Gasteiger partial charge in [0.2, 0.25) is 0 Å². The molecule has 0 aromatic carbocycles. The van der Waals surface area contributed by atoms with Gasteiger partial charge in [-0.15, -0.1) is 0 Å². The van der Waals surface area contributed by atoms with Crippen LogP contribution in [0.3, 0.4) is 0 Å². The lowest BCUT2D eigenvalue weighted by Gasteiger charge is -2.26. The highest BCUT2D eigenvalue weighted by Crippen LogP contribution is 2.15. The summed E-state index contributed by atoms with van der Waals surface area (Å²) in [7, 11) is 0. The second-order valence-electron chi connectivity index (χ2n) is 4.60. The Labute approximate surface area is 102 Å². The molecule has 5 nitrogen and oxygen atoms in total. The fourth-order valence-electron chi connectivity index (χ4n) is 2.18. The standard InChI is InChI=1S/C12H22O5/c13-10(7-12-9-15-4-6-17-12)1-2-11-8-14-3-5-16-11/h10-13H,1-9H2/t10?,11-,12-/m1/s1. The summed E-state index contributed by atoms with van der Waals surface area (Å²) < 4.78 is 21.6. The monoisotopic (exact) mass is 246 g/mol. The highest BCUT2D eigenvalue weighted by Gasteiger charge is 2.20. The summed E-state index contributed by atoms with van der Waals surface area (Å²) in [4.78, 5) is 0. The van der Waals surface area contributed by atoms with Crippen LogP contribution in [-0.4, -0.2) is 63.1 Å². The molecule has 17 heavy (non-hydrogen) atoms. The normalized spacial score (nSPS) is 32.3. The zero-order valence-electron chi connectivity index (χ0n) is 10.2. The van der Waals surface area contributed by atoms with Crippen molar-refractivity contribution in [3.63, 3.8) is 0 Å². The largest absolute Gasteiger partial charge is 0.393 e. The van der Waals surface area contributed by atoms with Crippen LogP contribution in [0.15, 0.2) is 0 Å². The maximum Gasteiger partial charge on any atom is 0.0834 e. The summed E-state index contributed by atoms with van der Waals surface area (Å²) in [5.74, 6) is 0. The molecule has 2 aliphatic rings. The predicted octanol–water partition coefficient (Wildman–Crippen LogP) is 0.348. The molecule has 0 aromatic rings. The first kappa shape index (κ1) is 13.2. The van der Waals surface area contributed by atoms with Crippen LogP contribution < -0.4 is 0 Å². The van der Waals surface area contributed by atoms with Crippen LogP contribution in [-0.2, 0) is 18.9 Å². The van der Waals surface area contributed by atoms with Crippen molar-refractivity contribution in [1.82, 2.24) is 0 Å². The van der Waals surface area contributed by atoms with E-state index in [1.54, 1.807) is 0 Å². The van der Waals surface area contributed by atoms with E-state index in [9.17, 15) is 5.11 Å². The fraction of sp³-hybridized carbons (Fsp3) is 1.00. The average molecular weight is 246 g/mol.